The van der Waals surface area contributed by atoms with Crippen molar-refractivity contribution in [2.45, 2.75) is 25.8 Å². The van der Waals surface area contributed by atoms with Crippen molar-refractivity contribution in [3.8, 4) is 5.75 Å². The largest absolute Gasteiger partial charge is 0.494 e. The number of halogens is 2. The Morgan fingerprint density at radius 3 is 2.36 bits per heavy atom. The van der Waals surface area contributed by atoms with Crippen LogP contribution in [-0.2, 0) is 9.59 Å². The molecule has 0 aliphatic rings. The van der Waals surface area contributed by atoms with E-state index in [1.165, 1.54) is 38.3 Å². The van der Waals surface area contributed by atoms with Crippen LogP contribution in [-0.4, -0.2) is 29.9 Å². The lowest BCUT2D eigenvalue weighted by Crippen LogP contribution is -2.34. The van der Waals surface area contributed by atoms with Gasteiger partial charge in [-0.05, 0) is 42.3 Å². The van der Waals surface area contributed by atoms with Crippen LogP contribution in [0.4, 0.5) is 8.78 Å². The molecule has 2 aromatic carbocycles. The molecule has 1 amide bonds. The third-order valence-corrected chi connectivity index (χ3v) is 4.12. The van der Waals surface area contributed by atoms with Crippen molar-refractivity contribution in [1.82, 2.24) is 5.32 Å². The number of aryl methyl sites for hydroxylation is 1. The van der Waals surface area contributed by atoms with Crippen molar-refractivity contribution >= 4 is 17.7 Å². The van der Waals surface area contributed by atoms with Gasteiger partial charge in [-0.1, -0.05) is 12.1 Å². The van der Waals surface area contributed by atoms with Gasteiger partial charge >= 0.3 is 5.97 Å². The predicted octanol–water partition coefficient (Wildman–Crippen LogP) is 3.19. The third kappa shape index (κ3) is 5.12. The molecule has 0 radical (unpaired) electrons. The zero-order valence-corrected chi connectivity index (χ0v) is 15.3. The first-order valence-electron chi connectivity index (χ1n) is 8.38. The summed E-state index contributed by atoms with van der Waals surface area (Å²) in [5, 5.41) is 11.7. The Hall–Kier alpha value is -3.29. The number of benzene rings is 2. The second kappa shape index (κ2) is 9.07. The number of methoxy groups -OCH3 is 1. The molecule has 6 nitrogen and oxygen atoms in total. The number of ketones is 1. The number of hydrogen-bond donors (Lipinski definition) is 2. The molecule has 1 atom stereocenters. The lowest BCUT2D eigenvalue weighted by atomic mass is 10.0. The Balaban J connectivity index is 2.01. The molecule has 0 aromatic heterocycles. The smallest absolute Gasteiger partial charge is 0.330 e. The van der Waals surface area contributed by atoms with Gasteiger partial charge in [0.2, 0.25) is 5.91 Å². The number of ether oxygens (including phenoxy) is 1. The van der Waals surface area contributed by atoms with E-state index in [2.05, 4.69) is 5.32 Å². The van der Waals surface area contributed by atoms with E-state index < -0.39 is 35.3 Å². The van der Waals surface area contributed by atoms with E-state index in [-0.39, 0.29) is 35.3 Å². The number of Topliss-reactive ketones (excluding diaryl/α,β-unsaturated/α-hetero) is 1. The molecule has 0 fully saturated rings. The van der Waals surface area contributed by atoms with E-state index in [1.54, 1.807) is 0 Å². The summed E-state index contributed by atoms with van der Waals surface area (Å²) in [6.45, 7) is 1.48. The third-order valence-electron chi connectivity index (χ3n) is 4.12. The molecule has 8 heteroatoms. The van der Waals surface area contributed by atoms with Gasteiger partial charge in [0, 0.05) is 18.4 Å². The zero-order chi connectivity index (χ0) is 20.8. The lowest BCUT2D eigenvalue weighted by Gasteiger charge is -2.15. The summed E-state index contributed by atoms with van der Waals surface area (Å²) in [6.07, 6.45) is -0.511. The Bertz CT molecular complexity index is 913. The highest BCUT2D eigenvalue weighted by Gasteiger charge is 2.23. The second-order valence-corrected chi connectivity index (χ2v) is 6.12. The maximum Gasteiger partial charge on any atom is 0.330 e. The Labute approximate surface area is 160 Å². The van der Waals surface area contributed by atoms with Crippen molar-refractivity contribution in [2.24, 2.45) is 0 Å². The quantitative estimate of drug-likeness (QED) is 0.674. The molecule has 0 saturated carbocycles. The zero-order valence-electron chi connectivity index (χ0n) is 15.3. The van der Waals surface area contributed by atoms with Crippen molar-refractivity contribution in [3.63, 3.8) is 0 Å². The van der Waals surface area contributed by atoms with Gasteiger partial charge in [-0.15, -0.1) is 0 Å². The first-order chi connectivity index (χ1) is 13.2. The van der Waals surface area contributed by atoms with Crippen LogP contribution in [0.3, 0.4) is 0 Å². The number of carbonyl (C=O) groups excluding carboxylic acids is 2. The second-order valence-electron chi connectivity index (χ2n) is 6.12. The number of nitrogens with one attached hydrogen (secondary N) is 1. The first-order valence-corrected chi connectivity index (χ1v) is 8.38. The van der Waals surface area contributed by atoms with Crippen LogP contribution in [0.5, 0.6) is 5.75 Å². The van der Waals surface area contributed by atoms with Crippen molar-refractivity contribution in [1.29, 1.82) is 0 Å². The minimum absolute atomic E-state index is 0.00631. The number of carboxylic acid groups (broad SMARTS) is 1. The topological polar surface area (TPSA) is 92.7 Å². The van der Waals surface area contributed by atoms with Crippen LogP contribution in [0.25, 0.3) is 0 Å². The Morgan fingerprint density at radius 2 is 1.79 bits per heavy atom. The van der Waals surface area contributed by atoms with Crippen LogP contribution in [0.1, 0.15) is 40.4 Å². The maximum atomic E-state index is 13.7. The molecule has 1 unspecified atom stereocenters. The normalized spacial score (nSPS) is 11.6. The van der Waals surface area contributed by atoms with Crippen LogP contribution in [0, 0.1) is 18.6 Å². The lowest BCUT2D eigenvalue weighted by molar-refractivity contribution is -0.142. The van der Waals surface area contributed by atoms with E-state index in [9.17, 15) is 28.3 Å². The van der Waals surface area contributed by atoms with Crippen molar-refractivity contribution in [3.05, 3.63) is 64.7 Å². The number of rotatable bonds is 8. The molecule has 0 spiro atoms. The highest BCUT2D eigenvalue weighted by Crippen LogP contribution is 2.20. The summed E-state index contributed by atoms with van der Waals surface area (Å²) in [7, 11) is 1.30. The maximum absolute atomic E-state index is 13.7. The fraction of sp³-hybridized carbons (Fsp3) is 0.250. The van der Waals surface area contributed by atoms with Gasteiger partial charge in [0.15, 0.2) is 23.4 Å². The Kier molecular flexibility index (Phi) is 6.81. The Morgan fingerprint density at radius 1 is 1.07 bits per heavy atom. The highest BCUT2D eigenvalue weighted by molar-refractivity contribution is 5.98. The summed E-state index contributed by atoms with van der Waals surface area (Å²) >= 11 is 0. The predicted molar refractivity (Wildman–Crippen MR) is 96.2 cm³/mol. The minimum Gasteiger partial charge on any atom is -0.494 e. The van der Waals surface area contributed by atoms with Gasteiger partial charge in [0.1, 0.15) is 5.82 Å². The molecular weight excluding hydrogens is 372 g/mol. The summed E-state index contributed by atoms with van der Waals surface area (Å²) in [5.74, 6) is -3.65. The molecule has 0 heterocycles. The minimum atomic E-state index is -1.37. The molecule has 2 N–H and O–H groups in total. The summed E-state index contributed by atoms with van der Waals surface area (Å²) in [5.41, 5.74) is 0.535. The number of amides is 1. The van der Waals surface area contributed by atoms with Gasteiger partial charge in [0.25, 0.3) is 0 Å². The van der Waals surface area contributed by atoms with E-state index in [0.717, 1.165) is 12.1 Å². The van der Waals surface area contributed by atoms with Gasteiger partial charge in [-0.3, -0.25) is 9.59 Å². The van der Waals surface area contributed by atoms with Crippen LogP contribution < -0.4 is 10.1 Å². The van der Waals surface area contributed by atoms with Crippen LogP contribution in [0.15, 0.2) is 36.4 Å². The molecule has 2 aromatic rings. The summed E-state index contributed by atoms with van der Waals surface area (Å²) in [4.78, 5) is 35.7. The van der Waals surface area contributed by atoms with Gasteiger partial charge in [-0.25, -0.2) is 13.6 Å². The molecule has 0 saturated heterocycles. The number of aliphatic carboxylic acids is 1. The molecule has 28 heavy (non-hydrogen) atoms. The molecule has 2 rings (SSSR count). The highest BCUT2D eigenvalue weighted by atomic mass is 19.1. The van der Waals surface area contributed by atoms with Crippen molar-refractivity contribution < 1.29 is 33.0 Å². The van der Waals surface area contributed by atoms with Gasteiger partial charge in [-0.2, -0.15) is 0 Å². The molecule has 148 valence electrons. The first kappa shape index (κ1) is 21.0. The standard InChI is InChI=1S/C20H19F2NO5/c1-11-9-13(3-5-14(11)21)19(20(26)27)23-18(25)8-6-16(24)12-4-7-17(28-2)15(22)10-12/h3-5,7,9-10,19H,6,8H2,1-2H3,(H,23,25)(H,26,27). The molecule has 0 aliphatic heterocycles. The molecule has 0 aliphatic carbocycles. The number of carbonyl (C=O) groups is 3. The van der Waals surface area contributed by atoms with E-state index in [4.69, 9.17) is 4.74 Å². The van der Waals surface area contributed by atoms with Gasteiger partial charge in [0.05, 0.1) is 7.11 Å². The van der Waals surface area contributed by atoms with Crippen LogP contribution >= 0.6 is 0 Å². The van der Waals surface area contributed by atoms with E-state index in [1.807, 2.05) is 0 Å². The molecular formula is C20H19F2NO5. The number of hydrogen-bond acceptors (Lipinski definition) is 4. The average molecular weight is 391 g/mol. The van der Waals surface area contributed by atoms with Crippen LogP contribution in [0.2, 0.25) is 0 Å². The molecule has 0 bridgehead atoms. The monoisotopic (exact) mass is 391 g/mol. The average Bonchev–Trinajstić information content (AvgIpc) is 2.66. The van der Waals surface area contributed by atoms with E-state index in [0.29, 0.717) is 0 Å². The fourth-order valence-electron chi connectivity index (χ4n) is 2.58. The SMILES string of the molecule is COc1ccc(C(=O)CCC(=O)NC(C(=O)O)c2ccc(F)c(C)c2)cc1F. The van der Waals surface area contributed by atoms with E-state index >= 15 is 0 Å². The van der Waals surface area contributed by atoms with Gasteiger partial charge < -0.3 is 15.2 Å². The fourth-order valence-corrected chi connectivity index (χ4v) is 2.58. The van der Waals surface area contributed by atoms with Crippen molar-refractivity contribution in [2.75, 3.05) is 7.11 Å². The number of carboxylic acids is 1. The summed E-state index contributed by atoms with van der Waals surface area (Å²) in [6, 6.07) is 6.05. The summed E-state index contributed by atoms with van der Waals surface area (Å²) < 4.78 is 31.8.